The summed E-state index contributed by atoms with van der Waals surface area (Å²) in [4.78, 5) is 0. The van der Waals surface area contributed by atoms with Crippen LogP contribution < -0.4 is 0 Å². The van der Waals surface area contributed by atoms with E-state index in [4.69, 9.17) is 9.31 Å². The van der Waals surface area contributed by atoms with Gasteiger partial charge in [-0.15, -0.1) is 0 Å². The van der Waals surface area contributed by atoms with Crippen molar-refractivity contribution in [3.63, 3.8) is 0 Å². The fourth-order valence-corrected chi connectivity index (χ4v) is 1.56. The van der Waals surface area contributed by atoms with Crippen molar-refractivity contribution in [3.8, 4) is 0 Å². The molecule has 14 heavy (non-hydrogen) atoms. The standard InChI is InChI=1S/C11H23BO2/c1-7-9(2)8-12-13-10(3,4)11(5,6)14-12/h9H,7-8H2,1-6H3. The molecule has 0 aliphatic carbocycles. The molecule has 1 rings (SSSR count). The highest BCUT2D eigenvalue weighted by Gasteiger charge is 2.50. The van der Waals surface area contributed by atoms with E-state index in [1.165, 1.54) is 6.42 Å². The van der Waals surface area contributed by atoms with Gasteiger partial charge in [-0.2, -0.15) is 0 Å². The lowest BCUT2D eigenvalue weighted by Crippen LogP contribution is -2.41. The van der Waals surface area contributed by atoms with Crippen LogP contribution in [-0.4, -0.2) is 18.3 Å². The summed E-state index contributed by atoms with van der Waals surface area (Å²) in [6.07, 6.45) is 2.19. The van der Waals surface area contributed by atoms with E-state index in [1.807, 2.05) is 0 Å². The SMILES string of the molecule is CCC(C)CB1OC(C)(C)C(C)(C)O1. The summed E-state index contributed by atoms with van der Waals surface area (Å²) in [5.74, 6) is 0.671. The first kappa shape index (κ1) is 12.1. The third-order valence-corrected chi connectivity index (χ3v) is 3.59. The van der Waals surface area contributed by atoms with Gasteiger partial charge in [0, 0.05) is 0 Å². The van der Waals surface area contributed by atoms with Crippen molar-refractivity contribution in [1.29, 1.82) is 0 Å². The van der Waals surface area contributed by atoms with E-state index in [0.717, 1.165) is 6.32 Å². The van der Waals surface area contributed by atoms with Crippen LogP contribution in [0.2, 0.25) is 6.32 Å². The molecule has 1 unspecified atom stereocenters. The van der Waals surface area contributed by atoms with E-state index < -0.39 is 0 Å². The third-order valence-electron chi connectivity index (χ3n) is 3.59. The summed E-state index contributed by atoms with van der Waals surface area (Å²) in [6, 6.07) is 0. The third kappa shape index (κ3) is 2.32. The summed E-state index contributed by atoms with van der Waals surface area (Å²) in [5.41, 5.74) is -0.351. The molecule has 0 amide bonds. The molecule has 1 heterocycles. The molecule has 1 aliphatic rings. The van der Waals surface area contributed by atoms with Crippen molar-refractivity contribution in [2.24, 2.45) is 5.92 Å². The first-order valence-corrected chi connectivity index (χ1v) is 5.64. The maximum Gasteiger partial charge on any atom is 0.458 e. The molecule has 0 aromatic carbocycles. The number of hydrogen-bond donors (Lipinski definition) is 0. The van der Waals surface area contributed by atoms with Crippen molar-refractivity contribution in [1.82, 2.24) is 0 Å². The van der Waals surface area contributed by atoms with Crippen LogP contribution in [0.4, 0.5) is 0 Å². The zero-order chi connectivity index (χ0) is 11.0. The predicted molar refractivity (Wildman–Crippen MR) is 60.3 cm³/mol. The Labute approximate surface area is 88.5 Å². The molecule has 0 bridgehead atoms. The van der Waals surface area contributed by atoms with Crippen LogP contribution in [0.25, 0.3) is 0 Å². The summed E-state index contributed by atoms with van der Waals surface area (Å²) in [7, 11) is -0.0186. The number of hydrogen-bond acceptors (Lipinski definition) is 2. The van der Waals surface area contributed by atoms with E-state index in [2.05, 4.69) is 41.5 Å². The first-order valence-electron chi connectivity index (χ1n) is 5.64. The topological polar surface area (TPSA) is 18.5 Å². The van der Waals surface area contributed by atoms with Gasteiger partial charge in [-0.05, 0) is 39.9 Å². The summed E-state index contributed by atoms with van der Waals surface area (Å²) >= 11 is 0. The second kappa shape index (κ2) is 3.86. The first-order chi connectivity index (χ1) is 6.28. The van der Waals surface area contributed by atoms with Crippen LogP contribution in [0.3, 0.4) is 0 Å². The Morgan fingerprint density at radius 3 is 1.86 bits per heavy atom. The monoisotopic (exact) mass is 198 g/mol. The molecule has 82 valence electrons. The van der Waals surface area contributed by atoms with Crippen LogP contribution in [0.1, 0.15) is 48.0 Å². The van der Waals surface area contributed by atoms with Crippen LogP contribution in [0.5, 0.6) is 0 Å². The Balaban J connectivity index is 2.55. The lowest BCUT2D eigenvalue weighted by molar-refractivity contribution is 0.00578. The highest BCUT2D eigenvalue weighted by molar-refractivity contribution is 6.45. The van der Waals surface area contributed by atoms with Gasteiger partial charge < -0.3 is 9.31 Å². The maximum absolute atomic E-state index is 5.91. The van der Waals surface area contributed by atoms with Crippen molar-refractivity contribution >= 4 is 7.12 Å². The van der Waals surface area contributed by atoms with Gasteiger partial charge in [0.25, 0.3) is 0 Å². The van der Waals surface area contributed by atoms with Gasteiger partial charge in [-0.25, -0.2) is 0 Å². The van der Waals surface area contributed by atoms with Gasteiger partial charge in [0.15, 0.2) is 0 Å². The molecule has 1 saturated heterocycles. The van der Waals surface area contributed by atoms with Crippen LogP contribution >= 0.6 is 0 Å². The second-order valence-electron chi connectivity index (χ2n) is 5.44. The van der Waals surface area contributed by atoms with E-state index in [1.54, 1.807) is 0 Å². The van der Waals surface area contributed by atoms with Crippen molar-refractivity contribution in [2.45, 2.75) is 65.5 Å². The summed E-state index contributed by atoms with van der Waals surface area (Å²) in [6.45, 7) is 12.8. The fourth-order valence-electron chi connectivity index (χ4n) is 1.56. The number of rotatable bonds is 3. The van der Waals surface area contributed by atoms with Gasteiger partial charge in [-0.1, -0.05) is 20.3 Å². The van der Waals surface area contributed by atoms with Crippen LogP contribution in [0, 0.1) is 5.92 Å². The molecule has 1 aliphatic heterocycles. The molecule has 0 spiro atoms. The highest BCUT2D eigenvalue weighted by atomic mass is 16.7. The van der Waals surface area contributed by atoms with Gasteiger partial charge in [-0.3, -0.25) is 0 Å². The molecule has 0 aromatic heterocycles. The van der Waals surface area contributed by atoms with Gasteiger partial charge in [0.1, 0.15) is 0 Å². The Bertz CT molecular complexity index is 185. The van der Waals surface area contributed by atoms with Crippen molar-refractivity contribution in [2.75, 3.05) is 0 Å². The zero-order valence-corrected chi connectivity index (χ0v) is 10.4. The smallest absolute Gasteiger partial charge is 0.403 e. The minimum Gasteiger partial charge on any atom is -0.403 e. The largest absolute Gasteiger partial charge is 0.458 e. The summed E-state index contributed by atoms with van der Waals surface area (Å²) in [5, 5.41) is 0. The van der Waals surface area contributed by atoms with E-state index in [-0.39, 0.29) is 18.3 Å². The molecule has 3 heteroatoms. The van der Waals surface area contributed by atoms with Gasteiger partial charge >= 0.3 is 7.12 Å². The van der Waals surface area contributed by atoms with Crippen molar-refractivity contribution < 1.29 is 9.31 Å². The molecule has 2 nitrogen and oxygen atoms in total. The quantitative estimate of drug-likeness (QED) is 0.648. The van der Waals surface area contributed by atoms with Crippen LogP contribution in [0.15, 0.2) is 0 Å². The Hall–Kier alpha value is -0.0151. The molecule has 0 N–H and O–H groups in total. The molecule has 0 saturated carbocycles. The Kier molecular flexibility index (Phi) is 3.32. The molecule has 1 atom stereocenters. The summed E-state index contributed by atoms with van der Waals surface area (Å²) < 4.78 is 11.8. The van der Waals surface area contributed by atoms with E-state index in [9.17, 15) is 0 Å². The Morgan fingerprint density at radius 2 is 1.50 bits per heavy atom. The average molecular weight is 198 g/mol. The maximum atomic E-state index is 5.91. The normalized spacial score (nSPS) is 26.6. The second-order valence-corrected chi connectivity index (χ2v) is 5.44. The van der Waals surface area contributed by atoms with E-state index >= 15 is 0 Å². The predicted octanol–water partition coefficient (Wildman–Crippen LogP) is 3.12. The average Bonchev–Trinajstić information content (AvgIpc) is 2.20. The molecular weight excluding hydrogens is 175 g/mol. The molecule has 0 aromatic rings. The van der Waals surface area contributed by atoms with Crippen molar-refractivity contribution in [3.05, 3.63) is 0 Å². The zero-order valence-electron chi connectivity index (χ0n) is 10.4. The van der Waals surface area contributed by atoms with E-state index in [0.29, 0.717) is 5.92 Å². The Morgan fingerprint density at radius 1 is 1.07 bits per heavy atom. The lowest BCUT2D eigenvalue weighted by atomic mass is 9.77. The molecular formula is C11H23BO2. The molecule has 1 fully saturated rings. The highest BCUT2D eigenvalue weighted by Crippen LogP contribution is 2.38. The molecule has 0 radical (unpaired) electrons. The minimum atomic E-state index is -0.175. The van der Waals surface area contributed by atoms with Crippen LogP contribution in [-0.2, 0) is 9.31 Å². The minimum absolute atomic E-state index is 0.0186. The van der Waals surface area contributed by atoms with Gasteiger partial charge in [0.05, 0.1) is 11.2 Å². The lowest BCUT2D eigenvalue weighted by Gasteiger charge is -2.32. The fraction of sp³-hybridized carbons (Fsp3) is 1.00. The van der Waals surface area contributed by atoms with Gasteiger partial charge in [0.2, 0.25) is 0 Å².